The third kappa shape index (κ3) is 3.39. The number of carbonyl (C=O) groups excluding carboxylic acids is 1. The number of aryl methyl sites for hydroxylation is 1. The van der Waals surface area contributed by atoms with Crippen molar-refractivity contribution in [2.75, 3.05) is 13.1 Å². The number of benzene rings is 1. The molecule has 0 aliphatic carbocycles. The van der Waals surface area contributed by atoms with Crippen LogP contribution in [0.3, 0.4) is 0 Å². The zero-order valence-electron chi connectivity index (χ0n) is 16.7. The van der Waals surface area contributed by atoms with Crippen LogP contribution in [0.5, 0.6) is 0 Å². The van der Waals surface area contributed by atoms with Gasteiger partial charge in [0.2, 0.25) is 5.89 Å². The zero-order valence-corrected chi connectivity index (χ0v) is 16.7. The van der Waals surface area contributed by atoms with E-state index >= 15 is 0 Å². The Morgan fingerprint density at radius 2 is 2.03 bits per heavy atom. The normalized spacial score (nSPS) is 15.0. The molecule has 1 aliphatic heterocycles. The van der Waals surface area contributed by atoms with Gasteiger partial charge in [-0.25, -0.2) is 18.5 Å². The van der Waals surface area contributed by atoms with Gasteiger partial charge in [0.1, 0.15) is 11.4 Å². The number of nitrogens with zero attached hydrogens (tertiary/aromatic N) is 5. The summed E-state index contributed by atoms with van der Waals surface area (Å²) in [6.45, 7) is 8.44. The highest BCUT2D eigenvalue weighted by Gasteiger charge is 2.38. The van der Waals surface area contributed by atoms with E-state index in [1.807, 2.05) is 6.92 Å². The third-order valence-electron chi connectivity index (χ3n) is 4.72. The van der Waals surface area contributed by atoms with Gasteiger partial charge >= 0.3 is 11.8 Å². The van der Waals surface area contributed by atoms with Gasteiger partial charge in [-0.15, -0.1) is 0 Å². The lowest BCUT2D eigenvalue weighted by atomic mass is 10.0. The molecule has 10 heteroatoms. The second-order valence-corrected chi connectivity index (χ2v) is 8.01. The van der Waals surface area contributed by atoms with Crippen LogP contribution in [0.25, 0.3) is 17.0 Å². The molecule has 1 aliphatic rings. The summed E-state index contributed by atoms with van der Waals surface area (Å²) >= 11 is 0. The van der Waals surface area contributed by atoms with E-state index in [2.05, 4.69) is 10.1 Å². The van der Waals surface area contributed by atoms with Crippen molar-refractivity contribution in [2.24, 2.45) is 0 Å². The summed E-state index contributed by atoms with van der Waals surface area (Å²) in [4.78, 5) is 30.7. The molecule has 1 aromatic carbocycles. The first-order chi connectivity index (χ1) is 13.7. The van der Waals surface area contributed by atoms with Crippen molar-refractivity contribution >= 4 is 17.1 Å². The maximum absolute atomic E-state index is 13.8. The molecule has 0 spiro atoms. The van der Waals surface area contributed by atoms with Gasteiger partial charge in [0, 0.05) is 25.7 Å². The van der Waals surface area contributed by atoms with Crippen molar-refractivity contribution in [3.05, 3.63) is 40.4 Å². The molecule has 1 fully saturated rings. The minimum atomic E-state index is -0.566. The van der Waals surface area contributed by atoms with Gasteiger partial charge in [0.05, 0.1) is 17.0 Å². The van der Waals surface area contributed by atoms with E-state index in [0.29, 0.717) is 36.6 Å². The van der Waals surface area contributed by atoms with Gasteiger partial charge in [-0.2, -0.15) is 4.98 Å². The number of halogens is 1. The van der Waals surface area contributed by atoms with Crippen LogP contribution in [0.15, 0.2) is 27.5 Å². The van der Waals surface area contributed by atoms with E-state index < -0.39 is 17.5 Å². The van der Waals surface area contributed by atoms with E-state index in [1.165, 1.54) is 21.3 Å². The van der Waals surface area contributed by atoms with E-state index in [1.54, 1.807) is 31.7 Å². The maximum atomic E-state index is 13.8. The molecular formula is C19H22FN5O4. The van der Waals surface area contributed by atoms with Crippen LogP contribution < -0.4 is 5.69 Å². The summed E-state index contributed by atoms with van der Waals surface area (Å²) in [7, 11) is 0. The molecule has 0 unspecified atom stereocenters. The largest absolute Gasteiger partial charge is 0.444 e. The predicted molar refractivity (Wildman–Crippen MR) is 102 cm³/mol. The van der Waals surface area contributed by atoms with Gasteiger partial charge in [0.15, 0.2) is 0 Å². The molecular weight excluding hydrogens is 381 g/mol. The number of amides is 1. The smallest absolute Gasteiger partial charge is 0.410 e. The molecule has 0 radical (unpaired) electrons. The van der Waals surface area contributed by atoms with Gasteiger partial charge in [-0.1, -0.05) is 0 Å². The average molecular weight is 403 g/mol. The number of ether oxygens (including phenoxy) is 1. The minimum Gasteiger partial charge on any atom is -0.444 e. The fraction of sp³-hybridized carbons (Fsp3) is 0.474. The Hall–Kier alpha value is -3.17. The summed E-state index contributed by atoms with van der Waals surface area (Å²) in [6, 6.07) is 4.13. The monoisotopic (exact) mass is 403 g/mol. The molecule has 1 saturated heterocycles. The lowest BCUT2D eigenvalue weighted by Gasteiger charge is -2.37. The molecule has 2 aromatic heterocycles. The minimum absolute atomic E-state index is 0.0449. The molecule has 1 amide bonds. The molecule has 0 bridgehead atoms. The highest BCUT2D eigenvalue weighted by atomic mass is 19.1. The van der Waals surface area contributed by atoms with E-state index in [-0.39, 0.29) is 17.6 Å². The van der Waals surface area contributed by atoms with Crippen molar-refractivity contribution in [2.45, 2.75) is 45.8 Å². The second kappa shape index (κ2) is 6.71. The maximum Gasteiger partial charge on any atom is 0.410 e. The number of aromatic nitrogens is 4. The summed E-state index contributed by atoms with van der Waals surface area (Å²) < 4.78 is 27.2. The summed E-state index contributed by atoms with van der Waals surface area (Å²) in [5.41, 5.74) is 0.0200. The lowest BCUT2D eigenvalue weighted by molar-refractivity contribution is 0.00558. The second-order valence-electron chi connectivity index (χ2n) is 8.01. The van der Waals surface area contributed by atoms with Crippen LogP contribution in [-0.2, 0) is 11.3 Å². The van der Waals surface area contributed by atoms with Crippen molar-refractivity contribution in [1.29, 1.82) is 0 Å². The highest BCUT2D eigenvalue weighted by Crippen LogP contribution is 2.28. The molecule has 0 N–H and O–H groups in total. The quantitative estimate of drug-likeness (QED) is 0.667. The first-order valence-corrected chi connectivity index (χ1v) is 9.40. The number of hydrogen-bond donors (Lipinski definition) is 0. The third-order valence-corrected chi connectivity index (χ3v) is 4.72. The molecule has 4 rings (SSSR count). The number of rotatable bonds is 3. The Balaban J connectivity index is 1.58. The van der Waals surface area contributed by atoms with Crippen molar-refractivity contribution in [3.8, 4) is 5.95 Å². The standard InChI is InChI=1S/C19H22FN5O4/c1-5-24-13-7-6-12(20)8-14(13)25(17(24)26)16-21-15(29-22-16)11-9-23(10-11)18(27)28-19(2,3)4/h6-8,11H,5,9-10H2,1-4H3. The number of likely N-dealkylation sites (tertiary alicyclic amines) is 1. The Labute approximate surface area is 165 Å². The fourth-order valence-corrected chi connectivity index (χ4v) is 3.32. The summed E-state index contributed by atoms with van der Waals surface area (Å²) in [5.74, 6) is -0.241. The number of carbonyl (C=O) groups is 1. The molecule has 3 heterocycles. The molecule has 3 aromatic rings. The first kappa shape index (κ1) is 19.2. The van der Waals surface area contributed by atoms with Crippen LogP contribution >= 0.6 is 0 Å². The van der Waals surface area contributed by atoms with Crippen LogP contribution in [0.1, 0.15) is 39.5 Å². The van der Waals surface area contributed by atoms with E-state index in [9.17, 15) is 14.0 Å². The number of fused-ring (bicyclic) bond motifs is 1. The van der Waals surface area contributed by atoms with Crippen LogP contribution in [0, 0.1) is 5.82 Å². The highest BCUT2D eigenvalue weighted by molar-refractivity contribution is 5.77. The van der Waals surface area contributed by atoms with Crippen molar-refractivity contribution < 1.29 is 18.4 Å². The Bertz CT molecular complexity index is 1130. The fourth-order valence-electron chi connectivity index (χ4n) is 3.32. The predicted octanol–water partition coefficient (Wildman–Crippen LogP) is 2.67. The molecule has 9 nitrogen and oxygen atoms in total. The Morgan fingerprint density at radius 1 is 1.31 bits per heavy atom. The van der Waals surface area contributed by atoms with Gasteiger partial charge < -0.3 is 14.2 Å². The van der Waals surface area contributed by atoms with Crippen LogP contribution in [0.4, 0.5) is 9.18 Å². The summed E-state index contributed by atoms with van der Waals surface area (Å²) in [5, 5.41) is 3.91. The van der Waals surface area contributed by atoms with Crippen LogP contribution in [0.2, 0.25) is 0 Å². The lowest BCUT2D eigenvalue weighted by Crippen LogP contribution is -2.50. The van der Waals surface area contributed by atoms with E-state index in [0.717, 1.165) is 0 Å². The number of hydrogen-bond acceptors (Lipinski definition) is 6. The summed E-state index contributed by atoms with van der Waals surface area (Å²) in [6.07, 6.45) is -0.397. The van der Waals surface area contributed by atoms with E-state index in [4.69, 9.17) is 9.26 Å². The molecule has 0 atom stereocenters. The van der Waals surface area contributed by atoms with Crippen LogP contribution in [-0.4, -0.2) is 49.0 Å². The Kier molecular flexibility index (Phi) is 4.44. The first-order valence-electron chi connectivity index (χ1n) is 9.40. The van der Waals surface area contributed by atoms with Gasteiger partial charge in [0.25, 0.3) is 5.95 Å². The van der Waals surface area contributed by atoms with Crippen molar-refractivity contribution in [1.82, 2.24) is 24.2 Å². The average Bonchev–Trinajstić information content (AvgIpc) is 3.13. The van der Waals surface area contributed by atoms with Crippen molar-refractivity contribution in [3.63, 3.8) is 0 Å². The molecule has 29 heavy (non-hydrogen) atoms. The molecule has 154 valence electrons. The van der Waals surface area contributed by atoms with Gasteiger partial charge in [-0.05, 0) is 45.0 Å². The Morgan fingerprint density at radius 3 is 2.69 bits per heavy atom. The molecule has 0 saturated carbocycles. The SMILES string of the molecule is CCn1c(=O)n(-c2noc(C3CN(C(=O)OC(C)(C)C)C3)n2)c2cc(F)ccc21. The topological polar surface area (TPSA) is 95.4 Å². The number of imidazole rings is 1. The zero-order chi connectivity index (χ0) is 20.9. The van der Waals surface area contributed by atoms with Gasteiger partial charge in [-0.3, -0.25) is 4.57 Å².